The second kappa shape index (κ2) is 7.70. The van der Waals surface area contributed by atoms with Crippen molar-refractivity contribution in [3.05, 3.63) is 64.9 Å². The van der Waals surface area contributed by atoms with Crippen LogP contribution in [0.15, 0.2) is 48.7 Å². The van der Waals surface area contributed by atoms with E-state index in [0.717, 1.165) is 35.9 Å². The Morgan fingerprint density at radius 3 is 2.74 bits per heavy atom. The van der Waals surface area contributed by atoms with Gasteiger partial charge in [0.05, 0.1) is 11.7 Å². The van der Waals surface area contributed by atoms with Crippen molar-refractivity contribution in [2.45, 2.75) is 6.04 Å². The first-order valence-corrected chi connectivity index (χ1v) is 9.07. The molecule has 2 amide bonds. The second-order valence-electron chi connectivity index (χ2n) is 5.29. The molecule has 1 fully saturated rings. The fourth-order valence-corrected chi connectivity index (χ4v) is 3.64. The number of nitrogens with one attached hydrogen (secondary N) is 1. The molecule has 1 atom stereocenters. The minimum atomic E-state index is -0.308. The zero-order chi connectivity index (χ0) is 16.1. The summed E-state index contributed by atoms with van der Waals surface area (Å²) in [5, 5.41) is 3.75. The zero-order valence-electron chi connectivity index (χ0n) is 12.6. The number of nitrogens with zero attached hydrogens (tertiary/aromatic N) is 2. The van der Waals surface area contributed by atoms with Gasteiger partial charge in [-0.25, -0.2) is 4.79 Å². The van der Waals surface area contributed by atoms with E-state index >= 15 is 0 Å². The highest BCUT2D eigenvalue weighted by Crippen LogP contribution is 2.23. The molecule has 0 aliphatic carbocycles. The van der Waals surface area contributed by atoms with Gasteiger partial charge in [0, 0.05) is 35.8 Å². The molecular weight excluding hydrogens is 330 g/mol. The van der Waals surface area contributed by atoms with Crippen LogP contribution < -0.4 is 5.32 Å². The van der Waals surface area contributed by atoms with Crippen LogP contribution >= 0.6 is 23.4 Å². The largest absolute Gasteiger partial charge is 0.325 e. The predicted octanol–water partition coefficient (Wildman–Crippen LogP) is 3.58. The topological polar surface area (TPSA) is 45.2 Å². The highest BCUT2D eigenvalue weighted by molar-refractivity contribution is 7.99. The number of hydrogen-bond acceptors (Lipinski definition) is 3. The lowest BCUT2D eigenvalue weighted by Gasteiger charge is -2.29. The number of carbonyl (C=O) groups excluding carboxylic acids is 1. The lowest BCUT2D eigenvalue weighted by atomic mass is 10.0. The maximum absolute atomic E-state index is 12.6. The van der Waals surface area contributed by atoms with Crippen molar-refractivity contribution < 1.29 is 4.79 Å². The summed E-state index contributed by atoms with van der Waals surface area (Å²) in [6.45, 7) is 1.56. The normalized spacial score (nSPS) is 16.0. The number of pyridine rings is 1. The number of rotatable bonds is 3. The quantitative estimate of drug-likeness (QED) is 0.923. The van der Waals surface area contributed by atoms with E-state index in [4.69, 9.17) is 11.6 Å². The van der Waals surface area contributed by atoms with Crippen LogP contribution in [0.1, 0.15) is 17.3 Å². The van der Waals surface area contributed by atoms with Crippen molar-refractivity contribution in [1.29, 1.82) is 0 Å². The molecule has 1 aliphatic rings. The van der Waals surface area contributed by atoms with Gasteiger partial charge in [-0.05, 0) is 29.8 Å². The summed E-state index contributed by atoms with van der Waals surface area (Å²) < 4.78 is 0. The first kappa shape index (κ1) is 16.1. The van der Waals surface area contributed by atoms with Gasteiger partial charge in [-0.2, -0.15) is 11.8 Å². The molecule has 0 radical (unpaired) electrons. The van der Waals surface area contributed by atoms with E-state index in [-0.39, 0.29) is 12.1 Å². The lowest BCUT2D eigenvalue weighted by Crippen LogP contribution is -2.45. The van der Waals surface area contributed by atoms with Crippen molar-refractivity contribution in [1.82, 2.24) is 15.2 Å². The van der Waals surface area contributed by atoms with Crippen molar-refractivity contribution in [2.75, 3.05) is 24.6 Å². The summed E-state index contributed by atoms with van der Waals surface area (Å²) in [6, 6.07) is 12.9. The molecule has 4 nitrogen and oxygen atoms in total. The van der Waals surface area contributed by atoms with E-state index in [1.807, 2.05) is 59.1 Å². The number of urea groups is 1. The van der Waals surface area contributed by atoms with Crippen molar-refractivity contribution in [2.24, 2.45) is 0 Å². The standard InChI is InChI=1S/C17H18ClN3OS/c18-14-5-3-4-13(12-14)16(15-6-1-2-7-19-15)20-17(22)21-8-10-23-11-9-21/h1-7,12,16H,8-11H2,(H,20,22)/t16-/m1/s1. The molecule has 1 saturated heterocycles. The van der Waals surface area contributed by atoms with Gasteiger partial charge >= 0.3 is 6.03 Å². The Morgan fingerprint density at radius 1 is 1.22 bits per heavy atom. The van der Waals surface area contributed by atoms with Gasteiger partial charge in [0.1, 0.15) is 0 Å². The number of amides is 2. The summed E-state index contributed by atoms with van der Waals surface area (Å²) in [4.78, 5) is 18.8. The molecule has 0 spiro atoms. The maximum atomic E-state index is 12.6. The van der Waals surface area contributed by atoms with Crippen LogP contribution in [0, 0.1) is 0 Å². The highest BCUT2D eigenvalue weighted by atomic mass is 35.5. The predicted molar refractivity (Wildman–Crippen MR) is 95.0 cm³/mol. The number of hydrogen-bond donors (Lipinski definition) is 1. The van der Waals surface area contributed by atoms with Gasteiger partial charge in [0.15, 0.2) is 0 Å². The van der Waals surface area contributed by atoms with Gasteiger partial charge in [-0.3, -0.25) is 4.98 Å². The lowest BCUT2D eigenvalue weighted by molar-refractivity contribution is 0.200. The van der Waals surface area contributed by atoms with Crippen LogP contribution in [0.4, 0.5) is 4.79 Å². The molecule has 0 saturated carbocycles. The summed E-state index contributed by atoms with van der Waals surface area (Å²) in [5.41, 5.74) is 1.73. The Bertz CT molecular complexity index is 662. The molecule has 2 heterocycles. The fraction of sp³-hybridized carbons (Fsp3) is 0.294. The molecule has 3 rings (SSSR count). The van der Waals surface area contributed by atoms with Crippen molar-refractivity contribution >= 4 is 29.4 Å². The number of aromatic nitrogens is 1. The minimum absolute atomic E-state index is 0.0547. The summed E-state index contributed by atoms with van der Waals surface area (Å²) in [7, 11) is 0. The van der Waals surface area contributed by atoms with E-state index < -0.39 is 0 Å². The van der Waals surface area contributed by atoms with Gasteiger partial charge in [-0.1, -0.05) is 29.8 Å². The first-order valence-electron chi connectivity index (χ1n) is 7.53. The highest BCUT2D eigenvalue weighted by Gasteiger charge is 2.23. The van der Waals surface area contributed by atoms with Crippen molar-refractivity contribution in [3.63, 3.8) is 0 Å². The molecule has 1 aliphatic heterocycles. The molecule has 2 aromatic rings. The Balaban J connectivity index is 1.85. The fourth-order valence-electron chi connectivity index (χ4n) is 2.54. The average Bonchev–Trinajstić information content (AvgIpc) is 2.61. The van der Waals surface area contributed by atoms with Gasteiger partial charge in [0.2, 0.25) is 0 Å². The average molecular weight is 348 g/mol. The second-order valence-corrected chi connectivity index (χ2v) is 6.95. The number of halogens is 1. The van der Waals surface area contributed by atoms with Crippen LogP contribution in [-0.2, 0) is 0 Å². The van der Waals surface area contributed by atoms with E-state index in [2.05, 4.69) is 10.3 Å². The number of carbonyl (C=O) groups is 1. The molecule has 23 heavy (non-hydrogen) atoms. The molecule has 120 valence electrons. The number of thioether (sulfide) groups is 1. The summed E-state index contributed by atoms with van der Waals surface area (Å²) in [6.07, 6.45) is 1.73. The molecule has 1 aromatic carbocycles. The zero-order valence-corrected chi connectivity index (χ0v) is 14.2. The van der Waals surface area contributed by atoms with Crippen LogP contribution in [0.3, 0.4) is 0 Å². The minimum Gasteiger partial charge on any atom is -0.325 e. The molecular formula is C17H18ClN3OS. The third-order valence-electron chi connectivity index (χ3n) is 3.73. The van der Waals surface area contributed by atoms with E-state index in [9.17, 15) is 4.79 Å². The first-order chi connectivity index (χ1) is 11.2. The van der Waals surface area contributed by atoms with Gasteiger partial charge in [0.25, 0.3) is 0 Å². The SMILES string of the molecule is O=C(N[C@H](c1cccc(Cl)c1)c1ccccn1)N1CCSCC1. The van der Waals surface area contributed by atoms with Gasteiger partial charge in [-0.15, -0.1) is 0 Å². The Hall–Kier alpha value is -1.72. The monoisotopic (exact) mass is 347 g/mol. The molecule has 0 unspecified atom stereocenters. The third kappa shape index (κ3) is 4.18. The van der Waals surface area contributed by atoms with E-state index in [0.29, 0.717) is 5.02 Å². The van der Waals surface area contributed by atoms with Crippen LogP contribution in [0.5, 0.6) is 0 Å². The molecule has 6 heteroatoms. The Labute approximate surface area is 145 Å². The maximum Gasteiger partial charge on any atom is 0.318 e. The van der Waals surface area contributed by atoms with Crippen LogP contribution in [-0.4, -0.2) is 40.5 Å². The van der Waals surface area contributed by atoms with E-state index in [1.165, 1.54) is 0 Å². The smallest absolute Gasteiger partial charge is 0.318 e. The van der Waals surface area contributed by atoms with Gasteiger partial charge < -0.3 is 10.2 Å². The van der Waals surface area contributed by atoms with Crippen LogP contribution in [0.25, 0.3) is 0 Å². The Morgan fingerprint density at radius 2 is 2.04 bits per heavy atom. The summed E-state index contributed by atoms with van der Waals surface area (Å²) in [5.74, 6) is 1.97. The summed E-state index contributed by atoms with van der Waals surface area (Å²) >= 11 is 7.99. The van der Waals surface area contributed by atoms with E-state index in [1.54, 1.807) is 6.20 Å². The molecule has 1 N–H and O–H groups in total. The van der Waals surface area contributed by atoms with Crippen LogP contribution in [0.2, 0.25) is 5.02 Å². The third-order valence-corrected chi connectivity index (χ3v) is 4.91. The van der Waals surface area contributed by atoms with Crippen molar-refractivity contribution in [3.8, 4) is 0 Å². The molecule has 1 aromatic heterocycles. The Kier molecular flexibility index (Phi) is 5.41. The molecule has 0 bridgehead atoms. The number of benzene rings is 1.